The van der Waals surface area contributed by atoms with Crippen molar-refractivity contribution >= 4 is 33.9 Å². The molecule has 1 aromatic heterocycles. The van der Waals surface area contributed by atoms with E-state index in [1.807, 2.05) is 11.3 Å². The first kappa shape index (κ1) is 11.9. The van der Waals surface area contributed by atoms with Gasteiger partial charge in [0, 0.05) is 6.04 Å². The first-order chi connectivity index (χ1) is 7.31. The fourth-order valence-electron chi connectivity index (χ4n) is 2.63. The molecule has 0 saturated heterocycles. The Labute approximate surface area is 110 Å². The van der Waals surface area contributed by atoms with Crippen molar-refractivity contribution in [2.24, 2.45) is 5.92 Å². The summed E-state index contributed by atoms with van der Waals surface area (Å²) in [7, 11) is 2.10. The zero-order chi connectivity index (χ0) is 10.7. The summed E-state index contributed by atoms with van der Waals surface area (Å²) in [5.74, 6) is 0.856. The van der Waals surface area contributed by atoms with Crippen LogP contribution in [-0.4, -0.2) is 7.05 Å². The van der Waals surface area contributed by atoms with Gasteiger partial charge in [0.05, 0.1) is 2.88 Å². The third-order valence-electron chi connectivity index (χ3n) is 3.38. The molecule has 15 heavy (non-hydrogen) atoms. The number of hydrogen-bond donors (Lipinski definition) is 1. The summed E-state index contributed by atoms with van der Waals surface area (Å²) in [6, 6.07) is 2.92. The van der Waals surface area contributed by atoms with Crippen LogP contribution in [0.25, 0.3) is 0 Å². The van der Waals surface area contributed by atoms with Crippen LogP contribution in [0.5, 0.6) is 0 Å². The molecular formula is C12H18INS. The Morgan fingerprint density at radius 3 is 2.67 bits per heavy atom. The molecule has 0 bridgehead atoms. The molecule has 1 saturated carbocycles. The maximum Gasteiger partial charge on any atom is 0.0656 e. The molecule has 1 atom stereocenters. The van der Waals surface area contributed by atoms with E-state index in [1.54, 1.807) is 0 Å². The number of rotatable bonds is 3. The van der Waals surface area contributed by atoms with Crippen molar-refractivity contribution in [1.82, 2.24) is 5.32 Å². The van der Waals surface area contributed by atoms with E-state index in [2.05, 4.69) is 46.4 Å². The van der Waals surface area contributed by atoms with Crippen LogP contribution in [0, 0.1) is 8.80 Å². The SMILES string of the molecule is CNC(c1csc(I)c1)C1CCCCC1. The monoisotopic (exact) mass is 335 g/mol. The van der Waals surface area contributed by atoms with Gasteiger partial charge in [-0.2, -0.15) is 0 Å². The van der Waals surface area contributed by atoms with Crippen LogP contribution >= 0.6 is 33.9 Å². The summed E-state index contributed by atoms with van der Waals surface area (Å²) in [5.41, 5.74) is 1.50. The summed E-state index contributed by atoms with van der Waals surface area (Å²) >= 11 is 4.27. The smallest absolute Gasteiger partial charge is 0.0656 e. The van der Waals surface area contributed by atoms with Gasteiger partial charge in [-0.25, -0.2) is 0 Å². The van der Waals surface area contributed by atoms with Gasteiger partial charge in [0.2, 0.25) is 0 Å². The van der Waals surface area contributed by atoms with E-state index in [-0.39, 0.29) is 0 Å². The maximum atomic E-state index is 3.50. The van der Waals surface area contributed by atoms with Gasteiger partial charge in [-0.05, 0) is 65.4 Å². The Kier molecular flexibility index (Phi) is 4.46. The topological polar surface area (TPSA) is 12.0 Å². The third kappa shape index (κ3) is 2.94. The van der Waals surface area contributed by atoms with Crippen molar-refractivity contribution in [3.63, 3.8) is 0 Å². The van der Waals surface area contributed by atoms with E-state index in [4.69, 9.17) is 0 Å². The van der Waals surface area contributed by atoms with Gasteiger partial charge in [0.1, 0.15) is 0 Å². The molecule has 1 aliphatic carbocycles. The van der Waals surface area contributed by atoms with Gasteiger partial charge < -0.3 is 5.32 Å². The van der Waals surface area contributed by atoms with Crippen LogP contribution in [0.15, 0.2) is 11.4 Å². The van der Waals surface area contributed by atoms with Crippen LogP contribution in [0.3, 0.4) is 0 Å². The summed E-state index contributed by atoms with van der Waals surface area (Å²) < 4.78 is 1.40. The summed E-state index contributed by atoms with van der Waals surface area (Å²) in [4.78, 5) is 0. The fraction of sp³-hybridized carbons (Fsp3) is 0.667. The Hall–Kier alpha value is 0.390. The average molecular weight is 335 g/mol. The van der Waals surface area contributed by atoms with Crippen LogP contribution in [-0.2, 0) is 0 Å². The van der Waals surface area contributed by atoms with Gasteiger partial charge in [-0.3, -0.25) is 0 Å². The fourth-order valence-corrected chi connectivity index (χ4v) is 4.04. The molecule has 1 fully saturated rings. The van der Waals surface area contributed by atoms with Crippen molar-refractivity contribution < 1.29 is 0 Å². The molecule has 0 spiro atoms. The van der Waals surface area contributed by atoms with Gasteiger partial charge in [0.25, 0.3) is 0 Å². The van der Waals surface area contributed by atoms with Gasteiger partial charge >= 0.3 is 0 Å². The highest BCUT2D eigenvalue weighted by atomic mass is 127. The molecule has 0 radical (unpaired) electrons. The highest BCUT2D eigenvalue weighted by molar-refractivity contribution is 14.1. The minimum absolute atomic E-state index is 0.588. The van der Waals surface area contributed by atoms with Crippen LogP contribution in [0.1, 0.15) is 43.7 Å². The lowest BCUT2D eigenvalue weighted by Gasteiger charge is -2.29. The second-order valence-corrected chi connectivity index (χ2v) is 7.15. The Balaban J connectivity index is 2.08. The van der Waals surface area contributed by atoms with Crippen molar-refractivity contribution in [3.05, 3.63) is 19.9 Å². The zero-order valence-corrected chi connectivity index (χ0v) is 12.1. The normalized spacial score (nSPS) is 20.4. The molecule has 2 rings (SSSR count). The molecular weight excluding hydrogens is 317 g/mol. The molecule has 1 heterocycles. The Morgan fingerprint density at radius 2 is 2.13 bits per heavy atom. The molecule has 84 valence electrons. The largest absolute Gasteiger partial charge is 0.313 e. The second-order valence-electron chi connectivity index (χ2n) is 4.35. The predicted octanol–water partition coefficient (Wildman–Crippen LogP) is 4.19. The highest BCUT2D eigenvalue weighted by Gasteiger charge is 2.24. The van der Waals surface area contributed by atoms with E-state index in [0.717, 1.165) is 5.92 Å². The van der Waals surface area contributed by atoms with Crippen LogP contribution in [0.2, 0.25) is 0 Å². The lowest BCUT2D eigenvalue weighted by atomic mass is 9.82. The predicted molar refractivity (Wildman–Crippen MR) is 75.4 cm³/mol. The third-order valence-corrected chi connectivity index (χ3v) is 5.19. The summed E-state index contributed by atoms with van der Waals surface area (Å²) in [6.45, 7) is 0. The highest BCUT2D eigenvalue weighted by Crippen LogP contribution is 2.35. The lowest BCUT2D eigenvalue weighted by Crippen LogP contribution is -2.26. The minimum Gasteiger partial charge on any atom is -0.313 e. The summed E-state index contributed by atoms with van der Waals surface area (Å²) in [6.07, 6.45) is 7.08. The quantitative estimate of drug-likeness (QED) is 0.817. The molecule has 1 aliphatic rings. The number of hydrogen-bond acceptors (Lipinski definition) is 2. The number of halogens is 1. The standard InChI is InChI=1S/C12H18INS/c1-14-12(9-5-3-2-4-6-9)10-7-11(13)15-8-10/h7-9,12,14H,2-6H2,1H3. The van der Waals surface area contributed by atoms with Crippen molar-refractivity contribution in [1.29, 1.82) is 0 Å². The van der Waals surface area contributed by atoms with E-state index in [1.165, 1.54) is 40.6 Å². The molecule has 1 aromatic rings. The molecule has 1 unspecified atom stereocenters. The van der Waals surface area contributed by atoms with Gasteiger partial charge in [-0.1, -0.05) is 19.3 Å². The minimum atomic E-state index is 0.588. The van der Waals surface area contributed by atoms with Gasteiger partial charge in [-0.15, -0.1) is 11.3 Å². The van der Waals surface area contributed by atoms with Crippen molar-refractivity contribution in [2.45, 2.75) is 38.1 Å². The van der Waals surface area contributed by atoms with E-state index < -0.39 is 0 Å². The molecule has 0 aliphatic heterocycles. The number of nitrogens with one attached hydrogen (secondary N) is 1. The molecule has 0 aromatic carbocycles. The van der Waals surface area contributed by atoms with E-state index in [0.29, 0.717) is 6.04 Å². The Morgan fingerprint density at radius 1 is 1.40 bits per heavy atom. The van der Waals surface area contributed by atoms with Crippen molar-refractivity contribution in [3.8, 4) is 0 Å². The van der Waals surface area contributed by atoms with Crippen LogP contribution in [0.4, 0.5) is 0 Å². The Bertz CT molecular complexity index is 304. The van der Waals surface area contributed by atoms with E-state index in [9.17, 15) is 0 Å². The number of thiophene rings is 1. The first-order valence-corrected chi connectivity index (χ1v) is 7.68. The maximum absolute atomic E-state index is 3.50. The zero-order valence-electron chi connectivity index (χ0n) is 9.13. The average Bonchev–Trinajstić information content (AvgIpc) is 2.68. The molecule has 1 nitrogen and oxygen atoms in total. The molecule has 1 N–H and O–H groups in total. The second kappa shape index (κ2) is 5.64. The van der Waals surface area contributed by atoms with E-state index >= 15 is 0 Å². The lowest BCUT2D eigenvalue weighted by molar-refractivity contribution is 0.282. The molecule has 0 amide bonds. The van der Waals surface area contributed by atoms with Crippen molar-refractivity contribution in [2.75, 3.05) is 7.05 Å². The van der Waals surface area contributed by atoms with Gasteiger partial charge in [0.15, 0.2) is 0 Å². The summed E-state index contributed by atoms with van der Waals surface area (Å²) in [5, 5.41) is 5.82. The first-order valence-electron chi connectivity index (χ1n) is 5.72. The van der Waals surface area contributed by atoms with Crippen LogP contribution < -0.4 is 5.32 Å². The molecule has 3 heteroatoms.